The summed E-state index contributed by atoms with van der Waals surface area (Å²) in [5.74, 6) is 1.64. The number of ether oxygens (including phenoxy) is 2. The second-order valence-electron chi connectivity index (χ2n) is 6.61. The molecule has 0 atom stereocenters. The van der Waals surface area contributed by atoms with E-state index in [9.17, 15) is 4.79 Å². The van der Waals surface area contributed by atoms with Gasteiger partial charge in [-0.2, -0.15) is 0 Å². The number of nitrogens with one attached hydrogen (secondary N) is 2. The minimum atomic E-state index is -0.240. The lowest BCUT2D eigenvalue weighted by molar-refractivity contribution is 0.0950. The van der Waals surface area contributed by atoms with Gasteiger partial charge in [0.15, 0.2) is 0 Å². The molecule has 0 aliphatic rings. The fourth-order valence-corrected chi connectivity index (χ4v) is 2.58. The molecule has 7 nitrogen and oxygen atoms in total. The molecule has 0 saturated heterocycles. The largest absolute Gasteiger partial charge is 0.497 e. The molecule has 150 valence electrons. The van der Waals surface area contributed by atoms with Crippen LogP contribution in [0.5, 0.6) is 11.5 Å². The highest BCUT2D eigenvalue weighted by Crippen LogP contribution is 2.26. The average Bonchev–Trinajstić information content (AvgIpc) is 2.74. The zero-order valence-corrected chi connectivity index (χ0v) is 16.7. The monoisotopic (exact) mass is 392 g/mol. The summed E-state index contributed by atoms with van der Waals surface area (Å²) in [6, 6.07) is 15.1. The number of benzene rings is 2. The van der Waals surface area contributed by atoms with Gasteiger partial charge in [0.1, 0.15) is 11.5 Å². The van der Waals surface area contributed by atoms with E-state index in [0.29, 0.717) is 23.8 Å². The van der Waals surface area contributed by atoms with Crippen LogP contribution in [0.15, 0.2) is 60.9 Å². The molecule has 0 fully saturated rings. The van der Waals surface area contributed by atoms with E-state index >= 15 is 0 Å². The van der Waals surface area contributed by atoms with Crippen molar-refractivity contribution in [3.63, 3.8) is 0 Å². The molecule has 0 bridgehead atoms. The molecule has 1 amide bonds. The van der Waals surface area contributed by atoms with E-state index in [2.05, 4.69) is 20.6 Å². The van der Waals surface area contributed by atoms with Crippen molar-refractivity contribution in [3.8, 4) is 11.5 Å². The molecule has 0 aliphatic carbocycles. The van der Waals surface area contributed by atoms with Gasteiger partial charge in [-0.1, -0.05) is 24.3 Å². The number of amides is 1. The first-order valence-corrected chi connectivity index (χ1v) is 9.31. The van der Waals surface area contributed by atoms with Gasteiger partial charge in [-0.15, -0.1) is 0 Å². The Balaban J connectivity index is 1.60. The normalized spacial score (nSPS) is 10.5. The lowest BCUT2D eigenvalue weighted by Crippen LogP contribution is -2.23. The summed E-state index contributed by atoms with van der Waals surface area (Å²) < 4.78 is 10.9. The predicted molar refractivity (Wildman–Crippen MR) is 112 cm³/mol. The summed E-state index contributed by atoms with van der Waals surface area (Å²) in [4.78, 5) is 20.8. The fourth-order valence-electron chi connectivity index (χ4n) is 2.58. The predicted octanol–water partition coefficient (Wildman–Crippen LogP) is 3.95. The third-order valence-corrected chi connectivity index (χ3v) is 4.02. The van der Waals surface area contributed by atoms with Gasteiger partial charge in [0, 0.05) is 18.9 Å². The Morgan fingerprint density at radius 1 is 1.03 bits per heavy atom. The zero-order chi connectivity index (χ0) is 20.6. The number of para-hydroxylation sites is 2. The van der Waals surface area contributed by atoms with Crippen LogP contribution in [0.4, 0.5) is 11.6 Å². The summed E-state index contributed by atoms with van der Waals surface area (Å²) in [7, 11) is 1.62. The molecule has 0 spiro atoms. The van der Waals surface area contributed by atoms with E-state index in [-0.39, 0.29) is 12.0 Å². The van der Waals surface area contributed by atoms with E-state index in [1.807, 2.05) is 62.4 Å². The van der Waals surface area contributed by atoms with Crippen LogP contribution in [0.3, 0.4) is 0 Å². The van der Waals surface area contributed by atoms with Crippen molar-refractivity contribution in [1.29, 1.82) is 0 Å². The van der Waals surface area contributed by atoms with Crippen molar-refractivity contribution in [3.05, 3.63) is 72.1 Å². The molecule has 0 radical (unpaired) electrons. The Labute approximate surface area is 170 Å². The van der Waals surface area contributed by atoms with Crippen LogP contribution >= 0.6 is 0 Å². The van der Waals surface area contributed by atoms with Crippen molar-refractivity contribution in [2.75, 3.05) is 12.4 Å². The number of hydrogen-bond acceptors (Lipinski definition) is 6. The first-order valence-electron chi connectivity index (χ1n) is 9.31. The molecular formula is C22H24N4O3. The Kier molecular flexibility index (Phi) is 6.63. The van der Waals surface area contributed by atoms with Gasteiger partial charge in [-0.25, -0.2) is 9.97 Å². The molecule has 29 heavy (non-hydrogen) atoms. The lowest BCUT2D eigenvalue weighted by Gasteiger charge is -2.14. The highest BCUT2D eigenvalue weighted by molar-refractivity contribution is 5.93. The number of anilines is 2. The van der Waals surface area contributed by atoms with Crippen molar-refractivity contribution in [1.82, 2.24) is 15.3 Å². The van der Waals surface area contributed by atoms with E-state index in [1.165, 1.54) is 12.4 Å². The lowest BCUT2D eigenvalue weighted by atomic mass is 10.2. The Morgan fingerprint density at radius 3 is 2.38 bits per heavy atom. The Bertz CT molecular complexity index is 941. The highest BCUT2D eigenvalue weighted by Gasteiger charge is 2.09. The first-order chi connectivity index (χ1) is 14.0. The maximum Gasteiger partial charge on any atom is 0.254 e. The second kappa shape index (κ2) is 9.54. The van der Waals surface area contributed by atoms with Gasteiger partial charge < -0.3 is 20.1 Å². The van der Waals surface area contributed by atoms with Gasteiger partial charge >= 0.3 is 0 Å². The van der Waals surface area contributed by atoms with Gasteiger partial charge in [-0.05, 0) is 43.7 Å². The molecular weight excluding hydrogens is 368 g/mol. The number of nitrogens with zero attached hydrogens (tertiary/aromatic N) is 2. The van der Waals surface area contributed by atoms with Gasteiger partial charge in [0.05, 0.1) is 24.5 Å². The number of rotatable bonds is 8. The third-order valence-electron chi connectivity index (χ3n) is 4.02. The third kappa shape index (κ3) is 5.68. The fraction of sp³-hybridized carbons (Fsp3) is 0.227. The molecule has 2 N–H and O–H groups in total. The van der Waals surface area contributed by atoms with E-state index < -0.39 is 0 Å². The zero-order valence-electron chi connectivity index (χ0n) is 16.7. The van der Waals surface area contributed by atoms with Crippen LogP contribution in [0.1, 0.15) is 29.8 Å². The summed E-state index contributed by atoms with van der Waals surface area (Å²) in [5, 5.41) is 5.97. The van der Waals surface area contributed by atoms with Crippen molar-refractivity contribution in [2.45, 2.75) is 26.5 Å². The Hall–Kier alpha value is -3.61. The topological polar surface area (TPSA) is 85.4 Å². The number of carbonyl (C=O) groups is 1. The molecule has 2 aromatic carbocycles. The highest BCUT2D eigenvalue weighted by atomic mass is 16.5. The molecule has 7 heteroatoms. The van der Waals surface area contributed by atoms with E-state index in [1.54, 1.807) is 7.11 Å². The second-order valence-corrected chi connectivity index (χ2v) is 6.61. The van der Waals surface area contributed by atoms with E-state index in [4.69, 9.17) is 9.47 Å². The number of methoxy groups -OCH3 is 1. The van der Waals surface area contributed by atoms with Crippen LogP contribution in [0.2, 0.25) is 0 Å². The van der Waals surface area contributed by atoms with Crippen molar-refractivity contribution >= 4 is 17.5 Å². The minimum Gasteiger partial charge on any atom is -0.497 e. The first kappa shape index (κ1) is 20.1. The quantitative estimate of drug-likeness (QED) is 0.604. The van der Waals surface area contributed by atoms with Gasteiger partial charge in [-0.3, -0.25) is 4.79 Å². The number of carbonyl (C=O) groups excluding carboxylic acids is 1. The average molecular weight is 392 g/mol. The van der Waals surface area contributed by atoms with Crippen molar-refractivity contribution in [2.24, 2.45) is 0 Å². The standard InChI is InChI=1S/C22H24N4O3/c1-15(2)29-20-7-5-4-6-19(20)26-22-24-13-17(14-25-22)21(27)23-12-16-8-10-18(28-3)11-9-16/h4-11,13-15H,12H2,1-3H3,(H,23,27)(H,24,25,26). The molecule has 1 aromatic heterocycles. The van der Waals surface area contributed by atoms with Crippen LogP contribution < -0.4 is 20.1 Å². The van der Waals surface area contributed by atoms with Crippen LogP contribution in [-0.4, -0.2) is 29.1 Å². The van der Waals surface area contributed by atoms with Crippen molar-refractivity contribution < 1.29 is 14.3 Å². The molecule has 3 aromatic rings. The maximum absolute atomic E-state index is 12.3. The number of hydrogen-bond donors (Lipinski definition) is 2. The van der Waals surface area contributed by atoms with Crippen LogP contribution in [-0.2, 0) is 6.54 Å². The minimum absolute atomic E-state index is 0.0515. The summed E-state index contributed by atoms with van der Waals surface area (Å²) in [6.07, 6.45) is 3.03. The van der Waals surface area contributed by atoms with E-state index in [0.717, 1.165) is 17.0 Å². The molecule has 0 unspecified atom stereocenters. The number of aromatic nitrogens is 2. The molecule has 1 heterocycles. The Morgan fingerprint density at radius 2 is 1.72 bits per heavy atom. The smallest absolute Gasteiger partial charge is 0.254 e. The molecule has 3 rings (SSSR count). The SMILES string of the molecule is COc1ccc(CNC(=O)c2cnc(Nc3ccccc3OC(C)C)nc2)cc1. The molecule has 0 saturated carbocycles. The molecule has 0 aliphatic heterocycles. The maximum atomic E-state index is 12.3. The summed E-state index contributed by atoms with van der Waals surface area (Å²) in [5.41, 5.74) is 2.12. The summed E-state index contributed by atoms with van der Waals surface area (Å²) >= 11 is 0. The van der Waals surface area contributed by atoms with Gasteiger partial charge in [0.25, 0.3) is 5.91 Å². The summed E-state index contributed by atoms with van der Waals surface area (Å²) in [6.45, 7) is 4.34. The van der Waals surface area contributed by atoms with Crippen LogP contribution in [0.25, 0.3) is 0 Å². The van der Waals surface area contributed by atoms with Crippen LogP contribution in [0, 0.1) is 0 Å². The van der Waals surface area contributed by atoms with Gasteiger partial charge in [0.2, 0.25) is 5.95 Å².